The fourth-order valence-electron chi connectivity index (χ4n) is 4.23. The van der Waals surface area contributed by atoms with Crippen LogP contribution in [0.5, 0.6) is 5.88 Å². The highest BCUT2D eigenvalue weighted by Gasteiger charge is 2.25. The van der Waals surface area contributed by atoms with E-state index in [4.69, 9.17) is 21.1 Å². The Bertz CT molecular complexity index is 965. The van der Waals surface area contributed by atoms with Gasteiger partial charge in [-0.25, -0.2) is 9.37 Å². The lowest BCUT2D eigenvalue weighted by Crippen LogP contribution is -2.41. The number of benzene rings is 1. The number of morpholine rings is 1. The summed E-state index contributed by atoms with van der Waals surface area (Å²) < 4.78 is 24.4. The summed E-state index contributed by atoms with van der Waals surface area (Å²) in [5, 5.41) is 6.35. The van der Waals surface area contributed by atoms with Crippen molar-refractivity contribution < 1.29 is 18.7 Å². The maximum Gasteiger partial charge on any atom is 0.254 e. The Morgan fingerprint density at radius 2 is 2.06 bits per heavy atom. The highest BCUT2D eigenvalue weighted by molar-refractivity contribution is 6.31. The molecule has 1 aromatic heterocycles. The second kappa shape index (κ2) is 11.7. The Hall–Kier alpha value is -2.65. The molecule has 184 valence electrons. The molecular weight excluding hydrogens is 461 g/mol. The van der Waals surface area contributed by atoms with Crippen molar-refractivity contribution in [3.63, 3.8) is 0 Å². The lowest BCUT2D eigenvalue weighted by atomic mass is 9.86. The number of carbonyl (C=O) groups is 1. The van der Waals surface area contributed by atoms with Gasteiger partial charge in [0.25, 0.3) is 5.91 Å². The van der Waals surface area contributed by atoms with E-state index < -0.39 is 12.1 Å². The first-order chi connectivity index (χ1) is 16.5. The second-order valence-electron chi connectivity index (χ2n) is 8.77. The molecule has 0 radical (unpaired) electrons. The Labute approximate surface area is 204 Å². The Morgan fingerprint density at radius 3 is 2.79 bits per heavy atom. The van der Waals surface area contributed by atoms with Gasteiger partial charge >= 0.3 is 0 Å². The summed E-state index contributed by atoms with van der Waals surface area (Å²) in [4.78, 5) is 22.6. The van der Waals surface area contributed by atoms with E-state index in [1.54, 1.807) is 0 Å². The van der Waals surface area contributed by atoms with Crippen LogP contribution in [0.15, 0.2) is 30.5 Å². The summed E-state index contributed by atoms with van der Waals surface area (Å²) >= 11 is 6.27. The number of hydrogen-bond donors (Lipinski definition) is 2. The monoisotopic (exact) mass is 491 g/mol. The molecule has 2 heterocycles. The number of nitrogens with zero attached hydrogens (tertiary/aromatic N) is 3. The Balaban J connectivity index is 1.30. The molecule has 2 aromatic rings. The van der Waals surface area contributed by atoms with E-state index in [9.17, 15) is 9.18 Å². The molecule has 4 rings (SSSR count). The minimum absolute atomic E-state index is 0.0219. The molecule has 8 nitrogen and oxygen atoms in total. The van der Waals surface area contributed by atoms with Gasteiger partial charge in [0.15, 0.2) is 6.17 Å². The van der Waals surface area contributed by atoms with Crippen LogP contribution in [0.4, 0.5) is 21.7 Å². The van der Waals surface area contributed by atoms with Gasteiger partial charge in [-0.3, -0.25) is 4.79 Å². The smallest absolute Gasteiger partial charge is 0.254 e. The van der Waals surface area contributed by atoms with Gasteiger partial charge in [-0.05, 0) is 56.7 Å². The van der Waals surface area contributed by atoms with E-state index in [0.717, 1.165) is 63.4 Å². The summed E-state index contributed by atoms with van der Waals surface area (Å²) in [5.41, 5.74) is 1.99. The number of carbonyl (C=O) groups excluding carboxylic acids is 1. The second-order valence-corrected chi connectivity index (χ2v) is 9.18. The molecule has 0 spiro atoms. The van der Waals surface area contributed by atoms with E-state index >= 15 is 0 Å². The third-order valence-corrected chi connectivity index (χ3v) is 6.46. The van der Waals surface area contributed by atoms with E-state index in [1.807, 2.05) is 12.1 Å². The Kier molecular flexibility index (Phi) is 8.39. The summed E-state index contributed by atoms with van der Waals surface area (Å²) in [5.74, 6) is 0.530. The predicted octanol–water partition coefficient (Wildman–Crippen LogP) is 4.12. The van der Waals surface area contributed by atoms with Crippen molar-refractivity contribution in [1.82, 2.24) is 15.3 Å². The zero-order valence-electron chi connectivity index (χ0n) is 19.3. The molecule has 0 bridgehead atoms. The number of aromatic nitrogens is 2. The summed E-state index contributed by atoms with van der Waals surface area (Å²) in [7, 11) is 0. The van der Waals surface area contributed by atoms with Crippen LogP contribution in [0.25, 0.3) is 0 Å². The maximum atomic E-state index is 13.1. The van der Waals surface area contributed by atoms with E-state index in [0.29, 0.717) is 29.4 Å². The topological polar surface area (TPSA) is 88.6 Å². The predicted molar refractivity (Wildman–Crippen MR) is 130 cm³/mol. The van der Waals surface area contributed by atoms with Gasteiger partial charge in [-0.1, -0.05) is 17.7 Å². The first-order valence-corrected chi connectivity index (χ1v) is 12.2. The van der Waals surface area contributed by atoms with Crippen LogP contribution in [0.1, 0.15) is 32.6 Å². The Morgan fingerprint density at radius 1 is 1.29 bits per heavy atom. The molecule has 2 N–H and O–H groups in total. The van der Waals surface area contributed by atoms with Crippen molar-refractivity contribution in [3.8, 4) is 5.88 Å². The number of alkyl halides is 1. The molecule has 10 heteroatoms. The van der Waals surface area contributed by atoms with Gasteiger partial charge in [0.1, 0.15) is 5.02 Å². The minimum atomic E-state index is -1.48. The number of anilines is 3. The molecule has 34 heavy (non-hydrogen) atoms. The largest absolute Gasteiger partial charge is 0.476 e. The van der Waals surface area contributed by atoms with Gasteiger partial charge in [-0.2, -0.15) is 4.98 Å². The van der Waals surface area contributed by atoms with E-state index in [-0.39, 0.29) is 6.04 Å². The van der Waals surface area contributed by atoms with Crippen LogP contribution < -0.4 is 20.3 Å². The lowest BCUT2D eigenvalue weighted by molar-refractivity contribution is -0.126. The molecule has 1 aliphatic heterocycles. The third kappa shape index (κ3) is 6.70. The van der Waals surface area contributed by atoms with Crippen molar-refractivity contribution in [3.05, 3.63) is 35.5 Å². The van der Waals surface area contributed by atoms with Crippen molar-refractivity contribution in [2.75, 3.05) is 43.1 Å². The summed E-state index contributed by atoms with van der Waals surface area (Å²) in [6.07, 6.45) is 3.42. The summed E-state index contributed by atoms with van der Waals surface area (Å²) in [6, 6.07) is 8.11. The minimum Gasteiger partial charge on any atom is -0.476 e. The van der Waals surface area contributed by atoms with Crippen molar-refractivity contribution in [2.45, 2.75) is 44.8 Å². The first kappa shape index (κ1) is 24.5. The molecule has 1 aromatic carbocycles. The third-order valence-electron chi connectivity index (χ3n) is 6.20. The van der Waals surface area contributed by atoms with Crippen molar-refractivity contribution in [1.29, 1.82) is 0 Å². The number of rotatable bonds is 8. The molecule has 1 saturated heterocycles. The van der Waals surface area contributed by atoms with Crippen LogP contribution in [0.2, 0.25) is 5.02 Å². The van der Waals surface area contributed by atoms with Gasteiger partial charge < -0.3 is 25.0 Å². The van der Waals surface area contributed by atoms with Crippen molar-refractivity contribution in [2.24, 2.45) is 5.92 Å². The van der Waals surface area contributed by atoms with Gasteiger partial charge in [0, 0.05) is 30.5 Å². The number of nitrogens with one attached hydrogen (secondary N) is 2. The van der Waals surface area contributed by atoms with Crippen LogP contribution in [-0.2, 0) is 9.53 Å². The highest BCUT2D eigenvalue weighted by atomic mass is 35.5. The maximum absolute atomic E-state index is 13.1. The van der Waals surface area contributed by atoms with Crippen LogP contribution in [0.3, 0.4) is 0 Å². The average Bonchev–Trinajstić information content (AvgIpc) is 2.86. The number of amides is 1. The highest BCUT2D eigenvalue weighted by Crippen LogP contribution is 2.29. The lowest BCUT2D eigenvalue weighted by Gasteiger charge is -2.29. The van der Waals surface area contributed by atoms with Gasteiger partial charge in [0.2, 0.25) is 11.8 Å². The number of hydrogen-bond acceptors (Lipinski definition) is 7. The zero-order chi connectivity index (χ0) is 23.9. The number of ether oxygens (including phenoxy) is 2. The van der Waals surface area contributed by atoms with Crippen LogP contribution in [0, 0.1) is 5.92 Å². The number of halogens is 2. The molecule has 2 aliphatic rings. The van der Waals surface area contributed by atoms with Crippen LogP contribution in [-0.4, -0.2) is 61.0 Å². The SMILES string of the molecule is CC(F)C(=O)N[C@H]1CC[C@H](COc2nc(Nc3cccc(N4CCOCC4)c3)ncc2Cl)CC1. The van der Waals surface area contributed by atoms with Gasteiger partial charge in [0.05, 0.1) is 26.0 Å². The quantitative estimate of drug-likeness (QED) is 0.574. The molecule has 1 unspecified atom stereocenters. The van der Waals surface area contributed by atoms with Crippen LogP contribution >= 0.6 is 11.6 Å². The molecule has 1 amide bonds. The molecule has 1 atom stereocenters. The summed E-state index contributed by atoms with van der Waals surface area (Å²) in [6.45, 7) is 4.91. The molecular formula is C24H31ClFN5O3. The zero-order valence-corrected chi connectivity index (χ0v) is 20.1. The molecule has 1 saturated carbocycles. The standard InChI is InChI=1S/C24H31ClFN5O3/c1-16(26)22(32)28-18-7-5-17(6-8-18)15-34-23-21(25)14-27-24(30-23)29-19-3-2-4-20(13-19)31-9-11-33-12-10-31/h2-4,13-14,16-18H,5-12,15H2,1H3,(H,28,32)(H,27,29,30)/t16?,17-,18-. The van der Waals surface area contributed by atoms with E-state index in [1.165, 1.54) is 13.1 Å². The van der Waals surface area contributed by atoms with E-state index in [2.05, 4.69) is 37.6 Å². The molecule has 1 aliphatic carbocycles. The fraction of sp³-hybridized carbons (Fsp3) is 0.542. The van der Waals surface area contributed by atoms with Gasteiger partial charge in [-0.15, -0.1) is 0 Å². The van der Waals surface area contributed by atoms with Crippen molar-refractivity contribution >= 4 is 34.8 Å². The normalized spacial score (nSPS) is 21.6. The fourth-order valence-corrected chi connectivity index (χ4v) is 4.38. The molecule has 2 fully saturated rings. The average molecular weight is 492 g/mol. The first-order valence-electron chi connectivity index (χ1n) is 11.8.